The van der Waals surface area contributed by atoms with Crippen molar-refractivity contribution < 1.29 is 14.0 Å². The van der Waals surface area contributed by atoms with Gasteiger partial charge in [0.15, 0.2) is 0 Å². The van der Waals surface area contributed by atoms with E-state index >= 15 is 0 Å². The van der Waals surface area contributed by atoms with Crippen LogP contribution >= 0.6 is 0 Å². The minimum absolute atomic E-state index is 0.0120. The number of nitrogens with zero attached hydrogens (tertiary/aromatic N) is 2. The minimum atomic E-state index is -0.210. The van der Waals surface area contributed by atoms with Crippen molar-refractivity contribution in [2.75, 3.05) is 26.2 Å². The molecule has 0 bridgehead atoms. The summed E-state index contributed by atoms with van der Waals surface area (Å²) in [6.07, 6.45) is 4.55. The van der Waals surface area contributed by atoms with Crippen LogP contribution < -0.4 is 5.32 Å². The van der Waals surface area contributed by atoms with Crippen LogP contribution in [0.3, 0.4) is 0 Å². The summed E-state index contributed by atoms with van der Waals surface area (Å²) in [5.74, 6) is 1.99. The maximum atomic E-state index is 12.7. The summed E-state index contributed by atoms with van der Waals surface area (Å²) in [6.45, 7) is 7.64. The number of piperidine rings is 1. The van der Waals surface area contributed by atoms with Gasteiger partial charge in [-0.2, -0.15) is 0 Å². The van der Waals surface area contributed by atoms with Crippen LogP contribution in [-0.2, 0) is 16.1 Å². The molecule has 1 aromatic heterocycles. The van der Waals surface area contributed by atoms with E-state index < -0.39 is 0 Å². The number of nitrogens with one attached hydrogen (secondary N) is 1. The van der Waals surface area contributed by atoms with Gasteiger partial charge in [0, 0.05) is 13.1 Å². The van der Waals surface area contributed by atoms with E-state index in [0.29, 0.717) is 24.9 Å². The second-order valence-electron chi connectivity index (χ2n) is 7.67. The topological polar surface area (TPSA) is 65.8 Å². The van der Waals surface area contributed by atoms with Crippen LogP contribution in [-0.4, -0.2) is 53.8 Å². The highest BCUT2D eigenvalue weighted by molar-refractivity contribution is 5.84. The minimum Gasteiger partial charge on any atom is -0.467 e. The second kappa shape index (κ2) is 8.04. The number of rotatable bonds is 5. The molecule has 2 amide bonds. The second-order valence-corrected chi connectivity index (χ2v) is 7.67. The molecule has 138 valence electrons. The summed E-state index contributed by atoms with van der Waals surface area (Å²) in [6, 6.07) is 3.44. The summed E-state index contributed by atoms with van der Waals surface area (Å²) in [5, 5.41) is 2.92. The zero-order valence-corrected chi connectivity index (χ0v) is 15.2. The van der Waals surface area contributed by atoms with E-state index in [1.54, 1.807) is 6.26 Å². The SMILES string of the molecule is CC1CC(C)CN(C(=O)CN2CCCC2C(=O)NCc2ccco2)C1. The molecule has 1 aromatic rings. The first-order chi connectivity index (χ1) is 12.0. The largest absolute Gasteiger partial charge is 0.467 e. The van der Waals surface area contributed by atoms with Crippen LogP contribution in [0.1, 0.15) is 38.9 Å². The Labute approximate surface area is 149 Å². The van der Waals surface area contributed by atoms with E-state index in [-0.39, 0.29) is 17.9 Å². The third-order valence-electron chi connectivity index (χ3n) is 5.24. The Balaban J connectivity index is 1.52. The van der Waals surface area contributed by atoms with Gasteiger partial charge in [-0.15, -0.1) is 0 Å². The van der Waals surface area contributed by atoms with E-state index in [9.17, 15) is 9.59 Å². The summed E-state index contributed by atoms with van der Waals surface area (Å²) in [7, 11) is 0. The number of carbonyl (C=O) groups is 2. The van der Waals surface area contributed by atoms with Crippen molar-refractivity contribution in [1.82, 2.24) is 15.1 Å². The van der Waals surface area contributed by atoms with Crippen LogP contribution in [0.4, 0.5) is 0 Å². The van der Waals surface area contributed by atoms with Gasteiger partial charge >= 0.3 is 0 Å². The molecule has 1 N–H and O–H groups in total. The first-order valence-corrected chi connectivity index (χ1v) is 9.35. The standard InChI is InChI=1S/C19H29N3O3/c1-14-9-15(2)12-22(11-14)18(23)13-21-7-3-6-17(21)19(24)20-10-16-5-4-8-25-16/h4-5,8,14-15,17H,3,6-7,9-13H2,1-2H3,(H,20,24). The first kappa shape index (κ1) is 18.0. The maximum absolute atomic E-state index is 12.7. The van der Waals surface area contributed by atoms with Gasteiger partial charge in [0.05, 0.1) is 25.4 Å². The highest BCUT2D eigenvalue weighted by Gasteiger charge is 2.34. The van der Waals surface area contributed by atoms with Gasteiger partial charge in [-0.25, -0.2) is 0 Å². The molecule has 2 saturated heterocycles. The molecule has 0 radical (unpaired) electrons. The Kier molecular flexibility index (Phi) is 5.78. The summed E-state index contributed by atoms with van der Waals surface area (Å²) in [4.78, 5) is 29.2. The predicted octanol–water partition coefficient (Wildman–Crippen LogP) is 1.86. The normalized spacial score (nSPS) is 27.4. The molecule has 6 heteroatoms. The molecule has 6 nitrogen and oxygen atoms in total. The number of likely N-dealkylation sites (tertiary alicyclic amines) is 2. The average molecular weight is 347 g/mol. The van der Waals surface area contributed by atoms with Crippen molar-refractivity contribution in [2.45, 2.75) is 45.7 Å². The summed E-state index contributed by atoms with van der Waals surface area (Å²) in [5.41, 5.74) is 0. The average Bonchev–Trinajstić information content (AvgIpc) is 3.23. The van der Waals surface area contributed by atoms with Gasteiger partial charge in [-0.05, 0) is 49.8 Å². The van der Waals surface area contributed by atoms with Gasteiger partial charge in [-0.1, -0.05) is 13.8 Å². The fourth-order valence-electron chi connectivity index (χ4n) is 4.16. The lowest BCUT2D eigenvalue weighted by molar-refractivity contribution is -0.136. The zero-order chi connectivity index (χ0) is 17.8. The van der Waals surface area contributed by atoms with Crippen LogP contribution in [0.2, 0.25) is 0 Å². The molecule has 0 aliphatic carbocycles. The molecular formula is C19H29N3O3. The van der Waals surface area contributed by atoms with Crippen molar-refractivity contribution in [2.24, 2.45) is 11.8 Å². The van der Waals surface area contributed by atoms with Crippen molar-refractivity contribution in [3.05, 3.63) is 24.2 Å². The van der Waals surface area contributed by atoms with Crippen molar-refractivity contribution >= 4 is 11.8 Å². The zero-order valence-electron chi connectivity index (χ0n) is 15.2. The van der Waals surface area contributed by atoms with Crippen molar-refractivity contribution in [1.29, 1.82) is 0 Å². The van der Waals surface area contributed by atoms with Crippen LogP contribution in [0.15, 0.2) is 22.8 Å². The molecule has 2 fully saturated rings. The molecule has 3 rings (SSSR count). The Morgan fingerprint density at radius 3 is 2.72 bits per heavy atom. The van der Waals surface area contributed by atoms with Crippen molar-refractivity contribution in [3.63, 3.8) is 0 Å². The molecular weight excluding hydrogens is 318 g/mol. The van der Waals surface area contributed by atoms with E-state index in [1.165, 1.54) is 6.42 Å². The number of carbonyl (C=O) groups excluding carboxylic acids is 2. The molecule has 3 heterocycles. The van der Waals surface area contributed by atoms with Crippen LogP contribution in [0.5, 0.6) is 0 Å². The highest BCUT2D eigenvalue weighted by Crippen LogP contribution is 2.22. The van der Waals surface area contributed by atoms with Crippen LogP contribution in [0.25, 0.3) is 0 Å². The molecule has 2 aliphatic rings. The molecule has 3 unspecified atom stereocenters. The number of hydrogen-bond acceptors (Lipinski definition) is 4. The van der Waals surface area contributed by atoms with Gasteiger partial charge in [0.25, 0.3) is 0 Å². The van der Waals surface area contributed by atoms with E-state index in [2.05, 4.69) is 19.2 Å². The Morgan fingerprint density at radius 1 is 1.28 bits per heavy atom. The third kappa shape index (κ3) is 4.63. The van der Waals surface area contributed by atoms with E-state index in [4.69, 9.17) is 4.42 Å². The Bertz CT molecular complexity index is 577. The lowest BCUT2D eigenvalue weighted by Gasteiger charge is -2.36. The predicted molar refractivity (Wildman–Crippen MR) is 94.7 cm³/mol. The summed E-state index contributed by atoms with van der Waals surface area (Å²) >= 11 is 0. The lowest BCUT2D eigenvalue weighted by atomic mass is 9.92. The third-order valence-corrected chi connectivity index (χ3v) is 5.24. The van der Waals surface area contributed by atoms with E-state index in [1.807, 2.05) is 21.9 Å². The Morgan fingerprint density at radius 2 is 2.04 bits per heavy atom. The van der Waals surface area contributed by atoms with Gasteiger partial charge in [0.1, 0.15) is 5.76 Å². The van der Waals surface area contributed by atoms with E-state index in [0.717, 1.165) is 38.2 Å². The number of amides is 2. The Hall–Kier alpha value is -1.82. The van der Waals surface area contributed by atoms with Gasteiger partial charge < -0.3 is 14.6 Å². The number of furan rings is 1. The molecule has 2 aliphatic heterocycles. The van der Waals surface area contributed by atoms with Gasteiger partial charge in [-0.3, -0.25) is 14.5 Å². The number of hydrogen-bond donors (Lipinski definition) is 1. The van der Waals surface area contributed by atoms with Crippen LogP contribution in [0, 0.1) is 11.8 Å². The lowest BCUT2D eigenvalue weighted by Crippen LogP contribution is -2.50. The fourth-order valence-corrected chi connectivity index (χ4v) is 4.16. The molecule has 0 saturated carbocycles. The van der Waals surface area contributed by atoms with Crippen molar-refractivity contribution in [3.8, 4) is 0 Å². The van der Waals surface area contributed by atoms with Gasteiger partial charge in [0.2, 0.25) is 11.8 Å². The summed E-state index contributed by atoms with van der Waals surface area (Å²) < 4.78 is 5.25. The fraction of sp³-hybridized carbons (Fsp3) is 0.684. The highest BCUT2D eigenvalue weighted by atomic mass is 16.3. The monoisotopic (exact) mass is 347 g/mol. The molecule has 0 aromatic carbocycles. The maximum Gasteiger partial charge on any atom is 0.237 e. The smallest absolute Gasteiger partial charge is 0.237 e. The quantitative estimate of drug-likeness (QED) is 0.883. The molecule has 0 spiro atoms. The molecule has 3 atom stereocenters. The molecule has 25 heavy (non-hydrogen) atoms. The first-order valence-electron chi connectivity index (χ1n) is 9.35.